The molecule has 1 aromatic heterocycles. The fourth-order valence-electron chi connectivity index (χ4n) is 2.84. The molecule has 1 saturated heterocycles. The second-order valence-electron chi connectivity index (χ2n) is 5.54. The number of carboxylic acid groups (broad SMARTS) is 1. The Hall–Kier alpha value is -1.65. The largest absolute Gasteiger partial charge is 0.481 e. The number of nitrogens with zero attached hydrogens (tertiary/aromatic N) is 1. The van der Waals surface area contributed by atoms with Crippen LogP contribution >= 0.6 is 11.3 Å². The topological polar surface area (TPSA) is 40.5 Å². The average molecular weight is 301 g/mol. The quantitative estimate of drug-likeness (QED) is 0.936. The Morgan fingerprint density at radius 2 is 2.05 bits per heavy atom. The molecule has 0 amide bonds. The van der Waals surface area contributed by atoms with Crippen LogP contribution in [0.25, 0.3) is 10.4 Å². The number of hydrogen-bond donors (Lipinski definition) is 1. The zero-order valence-electron chi connectivity index (χ0n) is 11.9. The van der Waals surface area contributed by atoms with Gasteiger partial charge >= 0.3 is 5.97 Å². The van der Waals surface area contributed by atoms with E-state index in [9.17, 15) is 4.79 Å². The molecule has 1 aliphatic rings. The standard InChI is InChI=1S/C17H19NO2S/c19-17(20)14-7-4-10-18(11-14)12-15-8-9-16(21-15)13-5-2-1-3-6-13/h1-3,5-6,8-9,14H,4,7,10-12H2,(H,19,20). The number of thiophene rings is 1. The van der Waals surface area contributed by atoms with Gasteiger partial charge in [0.2, 0.25) is 0 Å². The van der Waals surface area contributed by atoms with Gasteiger partial charge in [-0.25, -0.2) is 0 Å². The van der Waals surface area contributed by atoms with Crippen molar-refractivity contribution >= 4 is 17.3 Å². The van der Waals surface area contributed by atoms with Crippen LogP contribution in [0.1, 0.15) is 17.7 Å². The Morgan fingerprint density at radius 1 is 1.24 bits per heavy atom. The first-order valence-corrected chi connectivity index (χ1v) is 8.13. The van der Waals surface area contributed by atoms with Crippen LogP contribution in [-0.4, -0.2) is 29.1 Å². The van der Waals surface area contributed by atoms with Crippen molar-refractivity contribution in [2.24, 2.45) is 5.92 Å². The maximum Gasteiger partial charge on any atom is 0.307 e. The van der Waals surface area contributed by atoms with Gasteiger partial charge in [0.05, 0.1) is 5.92 Å². The van der Waals surface area contributed by atoms with Gasteiger partial charge in [0.15, 0.2) is 0 Å². The first kappa shape index (κ1) is 14.3. The normalized spacial score (nSPS) is 19.5. The van der Waals surface area contributed by atoms with Crippen LogP contribution < -0.4 is 0 Å². The number of aliphatic carboxylic acids is 1. The van der Waals surface area contributed by atoms with E-state index in [2.05, 4.69) is 41.3 Å². The van der Waals surface area contributed by atoms with Crippen LogP contribution in [0.5, 0.6) is 0 Å². The van der Waals surface area contributed by atoms with Crippen LogP contribution in [0, 0.1) is 5.92 Å². The van der Waals surface area contributed by atoms with Crippen LogP contribution in [0.2, 0.25) is 0 Å². The number of carboxylic acids is 1. The molecule has 1 fully saturated rings. The molecule has 0 bridgehead atoms. The van der Waals surface area contributed by atoms with Crippen molar-refractivity contribution in [3.8, 4) is 10.4 Å². The van der Waals surface area contributed by atoms with Crippen molar-refractivity contribution in [2.45, 2.75) is 19.4 Å². The van der Waals surface area contributed by atoms with Gasteiger partial charge in [0.1, 0.15) is 0 Å². The van der Waals surface area contributed by atoms with Crippen molar-refractivity contribution in [2.75, 3.05) is 13.1 Å². The van der Waals surface area contributed by atoms with E-state index < -0.39 is 5.97 Å². The molecule has 1 aliphatic heterocycles. The number of rotatable bonds is 4. The molecule has 0 aliphatic carbocycles. The third-order valence-corrected chi connectivity index (χ3v) is 5.07. The number of hydrogen-bond acceptors (Lipinski definition) is 3. The van der Waals surface area contributed by atoms with E-state index >= 15 is 0 Å². The Kier molecular flexibility index (Phi) is 4.36. The van der Waals surface area contributed by atoms with Crippen LogP contribution in [0.15, 0.2) is 42.5 Å². The fraction of sp³-hybridized carbons (Fsp3) is 0.353. The summed E-state index contributed by atoms with van der Waals surface area (Å²) in [6.45, 7) is 2.54. The van der Waals surface area contributed by atoms with E-state index in [1.54, 1.807) is 11.3 Å². The molecular formula is C17H19NO2S. The smallest absolute Gasteiger partial charge is 0.307 e. The monoisotopic (exact) mass is 301 g/mol. The van der Waals surface area contributed by atoms with Gasteiger partial charge in [-0.1, -0.05) is 30.3 Å². The lowest BCUT2D eigenvalue weighted by atomic mass is 9.98. The SMILES string of the molecule is O=C(O)C1CCCN(Cc2ccc(-c3ccccc3)s2)C1. The molecule has 2 aromatic rings. The molecule has 0 saturated carbocycles. The fourth-order valence-corrected chi connectivity index (χ4v) is 3.90. The van der Waals surface area contributed by atoms with E-state index in [1.165, 1.54) is 15.3 Å². The lowest BCUT2D eigenvalue weighted by Gasteiger charge is -2.30. The van der Waals surface area contributed by atoms with E-state index in [0.29, 0.717) is 6.54 Å². The van der Waals surface area contributed by atoms with Crippen LogP contribution in [0.4, 0.5) is 0 Å². The highest BCUT2D eigenvalue weighted by Crippen LogP contribution is 2.29. The molecule has 3 nitrogen and oxygen atoms in total. The minimum absolute atomic E-state index is 0.202. The molecule has 1 aromatic carbocycles. The van der Waals surface area contributed by atoms with Gasteiger partial charge in [-0.3, -0.25) is 9.69 Å². The molecule has 2 heterocycles. The summed E-state index contributed by atoms with van der Waals surface area (Å²) >= 11 is 1.80. The molecule has 110 valence electrons. The molecular weight excluding hydrogens is 282 g/mol. The van der Waals surface area contributed by atoms with Crippen molar-refractivity contribution in [3.05, 3.63) is 47.3 Å². The van der Waals surface area contributed by atoms with Crippen LogP contribution in [0.3, 0.4) is 0 Å². The Morgan fingerprint density at radius 3 is 2.81 bits per heavy atom. The maximum atomic E-state index is 11.1. The third-order valence-electron chi connectivity index (χ3n) is 3.95. The molecule has 0 spiro atoms. The predicted molar refractivity (Wildman–Crippen MR) is 85.4 cm³/mol. The number of likely N-dealkylation sites (tertiary alicyclic amines) is 1. The first-order valence-electron chi connectivity index (χ1n) is 7.31. The average Bonchev–Trinajstić information content (AvgIpc) is 2.97. The Bertz CT molecular complexity index is 608. The van der Waals surface area contributed by atoms with Crippen molar-refractivity contribution in [3.63, 3.8) is 0 Å². The second-order valence-corrected chi connectivity index (χ2v) is 6.71. The second kappa shape index (κ2) is 6.41. The minimum Gasteiger partial charge on any atom is -0.481 e. The summed E-state index contributed by atoms with van der Waals surface area (Å²) in [4.78, 5) is 16.0. The summed E-state index contributed by atoms with van der Waals surface area (Å²) in [7, 11) is 0. The van der Waals surface area contributed by atoms with Gasteiger partial charge in [-0.05, 0) is 37.1 Å². The molecule has 21 heavy (non-hydrogen) atoms. The molecule has 4 heteroatoms. The van der Waals surface area contributed by atoms with E-state index in [4.69, 9.17) is 5.11 Å². The van der Waals surface area contributed by atoms with E-state index in [1.807, 2.05) is 6.07 Å². The summed E-state index contributed by atoms with van der Waals surface area (Å²) in [5, 5.41) is 9.15. The molecule has 1 unspecified atom stereocenters. The summed E-state index contributed by atoms with van der Waals surface area (Å²) in [5.41, 5.74) is 1.25. The van der Waals surface area contributed by atoms with Gasteiger partial charge in [-0.15, -0.1) is 11.3 Å². The highest BCUT2D eigenvalue weighted by molar-refractivity contribution is 7.15. The predicted octanol–water partition coefficient (Wildman–Crippen LogP) is 3.71. The maximum absolute atomic E-state index is 11.1. The Balaban J connectivity index is 1.66. The summed E-state index contributed by atoms with van der Waals surface area (Å²) in [6.07, 6.45) is 1.79. The zero-order chi connectivity index (χ0) is 14.7. The molecule has 3 rings (SSSR count). The van der Waals surface area contributed by atoms with Gasteiger partial charge < -0.3 is 5.11 Å². The lowest BCUT2D eigenvalue weighted by Crippen LogP contribution is -2.37. The van der Waals surface area contributed by atoms with E-state index in [-0.39, 0.29) is 5.92 Å². The lowest BCUT2D eigenvalue weighted by molar-refractivity contribution is -0.143. The van der Waals surface area contributed by atoms with Gasteiger partial charge in [0, 0.05) is 22.8 Å². The zero-order valence-corrected chi connectivity index (χ0v) is 12.7. The molecule has 1 N–H and O–H groups in total. The third kappa shape index (κ3) is 3.52. The van der Waals surface area contributed by atoms with Crippen molar-refractivity contribution < 1.29 is 9.90 Å². The van der Waals surface area contributed by atoms with Crippen LogP contribution in [-0.2, 0) is 11.3 Å². The van der Waals surface area contributed by atoms with Gasteiger partial charge in [-0.2, -0.15) is 0 Å². The summed E-state index contributed by atoms with van der Waals surface area (Å²) < 4.78 is 0. The highest BCUT2D eigenvalue weighted by Gasteiger charge is 2.25. The number of piperidine rings is 1. The Labute approximate surface area is 128 Å². The molecule has 1 atom stereocenters. The number of benzene rings is 1. The van der Waals surface area contributed by atoms with Crippen molar-refractivity contribution in [1.82, 2.24) is 4.90 Å². The highest BCUT2D eigenvalue weighted by atomic mass is 32.1. The minimum atomic E-state index is -0.657. The van der Waals surface area contributed by atoms with Crippen molar-refractivity contribution in [1.29, 1.82) is 0 Å². The van der Waals surface area contributed by atoms with Gasteiger partial charge in [0.25, 0.3) is 0 Å². The number of carbonyl (C=O) groups is 1. The molecule has 0 radical (unpaired) electrons. The summed E-state index contributed by atoms with van der Waals surface area (Å²) in [6, 6.07) is 14.7. The first-order chi connectivity index (χ1) is 10.2. The summed E-state index contributed by atoms with van der Waals surface area (Å²) in [5.74, 6) is -0.858. The van der Waals surface area contributed by atoms with E-state index in [0.717, 1.165) is 25.9 Å².